The predicted octanol–water partition coefficient (Wildman–Crippen LogP) is 3.35. The van der Waals surface area contributed by atoms with E-state index in [-0.39, 0.29) is 16.9 Å². The number of nitrogens with zero attached hydrogens (tertiary/aromatic N) is 2. The molecule has 1 heterocycles. The average Bonchev–Trinajstić information content (AvgIpc) is 3.15. The number of amides is 4. The highest BCUT2D eigenvalue weighted by Crippen LogP contribution is 2.37. The summed E-state index contributed by atoms with van der Waals surface area (Å²) in [5.74, 6) is -0.214. The number of nitrogens with one attached hydrogen (secondary N) is 2. The van der Waals surface area contributed by atoms with Crippen molar-refractivity contribution in [3.8, 4) is 11.5 Å². The molecule has 0 radical (unpaired) electrons. The number of nitro benzene ring substituents is 1. The van der Waals surface area contributed by atoms with Gasteiger partial charge in [-0.25, -0.2) is 4.79 Å². The topological polar surface area (TPSA) is 140 Å². The Hall–Kier alpha value is -4.93. The minimum absolute atomic E-state index is 0.161. The summed E-state index contributed by atoms with van der Waals surface area (Å²) < 4.78 is 10.4. The molecule has 37 heavy (non-hydrogen) atoms. The monoisotopic (exact) mass is 504 g/mol. The molecule has 0 unspecified atom stereocenters. The fraction of sp³-hybridized carbons (Fsp3) is 0.192. The first-order chi connectivity index (χ1) is 17.7. The van der Waals surface area contributed by atoms with Gasteiger partial charge in [-0.05, 0) is 48.4 Å². The van der Waals surface area contributed by atoms with E-state index in [1.807, 2.05) is 0 Å². The lowest BCUT2D eigenvalue weighted by Gasteiger charge is -2.28. The van der Waals surface area contributed by atoms with Crippen molar-refractivity contribution in [1.29, 1.82) is 0 Å². The van der Waals surface area contributed by atoms with Gasteiger partial charge in [-0.2, -0.15) is 0 Å². The molecule has 3 aromatic carbocycles. The molecule has 4 amide bonds. The third kappa shape index (κ3) is 4.54. The van der Waals surface area contributed by atoms with E-state index in [9.17, 15) is 24.5 Å². The fourth-order valence-electron chi connectivity index (χ4n) is 4.25. The zero-order chi connectivity index (χ0) is 26.7. The summed E-state index contributed by atoms with van der Waals surface area (Å²) in [5, 5.41) is 16.5. The van der Waals surface area contributed by atoms with Crippen LogP contribution in [0.15, 0.2) is 66.7 Å². The Bertz CT molecular complexity index is 1320. The SMILES string of the molecule is COc1ccc(C2(c3ccc(OC)cc3)NC(=O)N(CC(=O)Nc3cccc([N+](=O)[O-])c3C)C2=O)cc1. The fourth-order valence-corrected chi connectivity index (χ4v) is 4.25. The first kappa shape index (κ1) is 25.2. The first-order valence-electron chi connectivity index (χ1n) is 11.2. The van der Waals surface area contributed by atoms with Crippen molar-refractivity contribution in [3.63, 3.8) is 0 Å². The number of ether oxygens (including phenoxy) is 2. The van der Waals surface area contributed by atoms with E-state index in [0.717, 1.165) is 4.90 Å². The van der Waals surface area contributed by atoms with Gasteiger partial charge in [0.1, 0.15) is 18.0 Å². The van der Waals surface area contributed by atoms with Crippen LogP contribution in [-0.4, -0.2) is 48.4 Å². The van der Waals surface area contributed by atoms with Crippen LogP contribution in [-0.2, 0) is 15.1 Å². The molecular weight excluding hydrogens is 480 g/mol. The van der Waals surface area contributed by atoms with Crippen LogP contribution >= 0.6 is 0 Å². The van der Waals surface area contributed by atoms with Gasteiger partial charge in [0, 0.05) is 6.07 Å². The van der Waals surface area contributed by atoms with Crippen molar-refractivity contribution in [2.24, 2.45) is 0 Å². The maximum absolute atomic E-state index is 13.9. The molecule has 2 N–H and O–H groups in total. The highest BCUT2D eigenvalue weighted by atomic mass is 16.6. The van der Waals surface area contributed by atoms with Gasteiger partial charge in [0.2, 0.25) is 5.91 Å². The van der Waals surface area contributed by atoms with E-state index in [1.54, 1.807) is 48.5 Å². The second-order valence-corrected chi connectivity index (χ2v) is 8.28. The number of methoxy groups -OCH3 is 2. The average molecular weight is 504 g/mol. The van der Waals surface area contributed by atoms with Crippen LogP contribution in [0.3, 0.4) is 0 Å². The van der Waals surface area contributed by atoms with Crippen LogP contribution < -0.4 is 20.1 Å². The number of carbonyl (C=O) groups is 3. The second kappa shape index (κ2) is 9.97. The van der Waals surface area contributed by atoms with Gasteiger partial charge in [-0.1, -0.05) is 30.3 Å². The molecule has 1 aliphatic heterocycles. The number of benzene rings is 3. The highest BCUT2D eigenvalue weighted by molar-refractivity contribution is 6.12. The molecule has 0 atom stereocenters. The van der Waals surface area contributed by atoms with Crippen LogP contribution in [0.1, 0.15) is 16.7 Å². The molecule has 0 saturated carbocycles. The number of urea groups is 1. The molecular formula is C26H24N4O7. The molecule has 0 bridgehead atoms. The van der Waals surface area contributed by atoms with E-state index in [1.165, 1.54) is 39.3 Å². The van der Waals surface area contributed by atoms with Gasteiger partial charge >= 0.3 is 6.03 Å². The predicted molar refractivity (Wildman–Crippen MR) is 133 cm³/mol. The number of hydrogen-bond acceptors (Lipinski definition) is 7. The molecule has 0 aromatic heterocycles. The minimum atomic E-state index is -1.60. The van der Waals surface area contributed by atoms with Gasteiger partial charge < -0.3 is 20.1 Å². The summed E-state index contributed by atoms with van der Waals surface area (Å²) in [6.45, 7) is 0.903. The van der Waals surface area contributed by atoms with Crippen LogP contribution in [0.25, 0.3) is 0 Å². The Labute approximate surface area is 212 Å². The van der Waals surface area contributed by atoms with E-state index >= 15 is 0 Å². The number of carbonyl (C=O) groups excluding carboxylic acids is 3. The number of nitro groups is 1. The zero-order valence-electron chi connectivity index (χ0n) is 20.3. The molecule has 0 spiro atoms. The molecule has 11 nitrogen and oxygen atoms in total. The van der Waals surface area contributed by atoms with Crippen molar-refractivity contribution in [2.75, 3.05) is 26.1 Å². The molecule has 190 valence electrons. The number of hydrogen-bond donors (Lipinski definition) is 2. The van der Waals surface area contributed by atoms with E-state index < -0.39 is 34.9 Å². The highest BCUT2D eigenvalue weighted by Gasteiger charge is 2.54. The summed E-state index contributed by atoms with van der Waals surface area (Å²) in [6.07, 6.45) is 0. The zero-order valence-corrected chi connectivity index (χ0v) is 20.3. The number of anilines is 1. The molecule has 11 heteroatoms. The smallest absolute Gasteiger partial charge is 0.326 e. The summed E-state index contributed by atoms with van der Waals surface area (Å²) in [4.78, 5) is 51.3. The maximum Gasteiger partial charge on any atom is 0.326 e. The van der Waals surface area contributed by atoms with Gasteiger partial charge in [-0.15, -0.1) is 0 Å². The molecule has 1 aliphatic rings. The Kier molecular flexibility index (Phi) is 6.79. The third-order valence-electron chi connectivity index (χ3n) is 6.23. The number of imide groups is 1. The number of rotatable bonds is 8. The molecule has 3 aromatic rings. The van der Waals surface area contributed by atoms with Crippen molar-refractivity contribution >= 4 is 29.2 Å². The van der Waals surface area contributed by atoms with Crippen molar-refractivity contribution in [3.05, 3.63) is 93.5 Å². The van der Waals surface area contributed by atoms with Crippen molar-refractivity contribution in [1.82, 2.24) is 10.2 Å². The largest absolute Gasteiger partial charge is 0.497 e. The van der Waals surface area contributed by atoms with Gasteiger partial charge in [0.15, 0.2) is 5.54 Å². The Morgan fingerprint density at radius 1 is 0.973 bits per heavy atom. The quantitative estimate of drug-likeness (QED) is 0.272. The van der Waals surface area contributed by atoms with Gasteiger partial charge in [0.05, 0.1) is 30.4 Å². The maximum atomic E-state index is 13.9. The van der Waals surface area contributed by atoms with Gasteiger partial charge in [-0.3, -0.25) is 24.6 Å². The summed E-state index contributed by atoms with van der Waals surface area (Å²) in [6, 6.07) is 16.8. The second-order valence-electron chi connectivity index (χ2n) is 8.28. The lowest BCUT2D eigenvalue weighted by Crippen LogP contribution is -2.45. The van der Waals surface area contributed by atoms with Gasteiger partial charge in [0.25, 0.3) is 11.6 Å². The third-order valence-corrected chi connectivity index (χ3v) is 6.23. The Morgan fingerprint density at radius 3 is 2.00 bits per heavy atom. The van der Waals surface area contributed by atoms with Crippen LogP contribution in [0.2, 0.25) is 0 Å². The first-order valence-corrected chi connectivity index (χ1v) is 11.2. The van der Waals surface area contributed by atoms with E-state index in [0.29, 0.717) is 22.6 Å². The standard InChI is InChI=1S/C26H24N4O7/c1-16-21(5-4-6-22(16)30(34)35)27-23(31)15-29-24(32)26(28-25(29)33,17-7-11-19(36-2)12-8-17)18-9-13-20(37-3)14-10-18/h4-14H,15H2,1-3H3,(H,27,31)(H,28,33). The molecule has 1 saturated heterocycles. The summed E-state index contributed by atoms with van der Waals surface area (Å²) in [5.41, 5.74) is -0.363. The minimum Gasteiger partial charge on any atom is -0.497 e. The van der Waals surface area contributed by atoms with Crippen LogP contribution in [0.4, 0.5) is 16.2 Å². The Balaban J connectivity index is 1.67. The van der Waals surface area contributed by atoms with E-state index in [2.05, 4.69) is 10.6 Å². The van der Waals surface area contributed by atoms with Crippen LogP contribution in [0, 0.1) is 17.0 Å². The lowest BCUT2D eigenvalue weighted by atomic mass is 9.82. The van der Waals surface area contributed by atoms with E-state index in [4.69, 9.17) is 9.47 Å². The Morgan fingerprint density at radius 2 is 1.51 bits per heavy atom. The summed E-state index contributed by atoms with van der Waals surface area (Å²) in [7, 11) is 3.03. The summed E-state index contributed by atoms with van der Waals surface area (Å²) >= 11 is 0. The van der Waals surface area contributed by atoms with Crippen LogP contribution in [0.5, 0.6) is 11.5 Å². The van der Waals surface area contributed by atoms with Crippen molar-refractivity contribution < 1.29 is 28.8 Å². The normalized spacial score (nSPS) is 14.2. The lowest BCUT2D eigenvalue weighted by molar-refractivity contribution is -0.385. The van der Waals surface area contributed by atoms with Crippen molar-refractivity contribution in [2.45, 2.75) is 12.5 Å². The molecule has 4 rings (SSSR count). The molecule has 0 aliphatic carbocycles. The molecule has 1 fully saturated rings.